The minimum Gasteiger partial charge on any atom is -0.310 e. The Hall–Kier alpha value is -6.90. The van der Waals surface area contributed by atoms with Crippen molar-refractivity contribution in [3.05, 3.63) is 206 Å². The lowest BCUT2D eigenvalue weighted by atomic mass is 10.00. The van der Waals surface area contributed by atoms with Gasteiger partial charge in [0.15, 0.2) is 0 Å². The molecule has 0 spiro atoms. The van der Waals surface area contributed by atoms with Gasteiger partial charge in [-0.3, -0.25) is 0 Å². The van der Waals surface area contributed by atoms with Crippen molar-refractivity contribution in [2.24, 2.45) is 0 Å². The van der Waals surface area contributed by atoms with Crippen molar-refractivity contribution in [3.8, 4) is 27.9 Å². The molecule has 10 rings (SSSR count). The minimum atomic E-state index is -0.892. The third-order valence-electron chi connectivity index (χ3n) is 8.72. The normalized spacial score (nSPS) is 17.4. The number of fused-ring (bicyclic) bond motifs is 6. The Morgan fingerprint density at radius 3 is 2.04 bits per heavy atom. The van der Waals surface area contributed by atoms with Gasteiger partial charge in [0.2, 0.25) is 0 Å². The number of rotatable bonds is 6. The van der Waals surface area contributed by atoms with Crippen LogP contribution < -0.4 is 4.90 Å². The third kappa shape index (κ3) is 5.12. The number of nitrogens with zero attached hydrogens (tertiary/aromatic N) is 2. The van der Waals surface area contributed by atoms with Gasteiger partial charge in [0, 0.05) is 38.9 Å². The Balaban J connectivity index is 1.41. The molecule has 0 aliphatic carbocycles. The summed E-state index contributed by atoms with van der Waals surface area (Å²) in [6.45, 7) is 0. The van der Waals surface area contributed by atoms with Gasteiger partial charge >= 0.3 is 0 Å². The van der Waals surface area contributed by atoms with Crippen molar-refractivity contribution in [1.82, 2.24) is 4.57 Å². The largest absolute Gasteiger partial charge is 0.310 e. The van der Waals surface area contributed by atoms with Gasteiger partial charge in [-0.1, -0.05) is 145 Å². The summed E-state index contributed by atoms with van der Waals surface area (Å²) in [4.78, 5) is 1.01. The van der Waals surface area contributed by atoms with Crippen LogP contribution in [-0.2, 0) is 0 Å². The van der Waals surface area contributed by atoms with Crippen molar-refractivity contribution in [1.29, 1.82) is 0 Å². The number of aromatic nitrogens is 1. The second kappa shape index (κ2) is 12.5. The molecular formula is C50H34N2. The summed E-state index contributed by atoms with van der Waals surface area (Å²) in [6, 6.07) is 3.28. The first-order chi connectivity index (χ1) is 34.9. The number of hydrogen-bond acceptors (Lipinski definition) is 1. The molecule has 0 radical (unpaired) electrons. The molecule has 0 bridgehead atoms. The van der Waals surface area contributed by atoms with Gasteiger partial charge in [-0.25, -0.2) is 0 Å². The second-order valence-electron chi connectivity index (χ2n) is 11.7. The van der Waals surface area contributed by atoms with E-state index in [4.69, 9.17) is 17.8 Å². The first-order valence-electron chi connectivity index (χ1n) is 27.1. The van der Waals surface area contributed by atoms with E-state index in [1.165, 1.54) is 6.07 Å². The molecule has 244 valence electrons. The van der Waals surface area contributed by atoms with E-state index in [0.29, 0.717) is 11.1 Å². The van der Waals surface area contributed by atoms with Crippen LogP contribution in [0.4, 0.5) is 17.1 Å². The quantitative estimate of drug-likeness (QED) is 0.169. The summed E-state index contributed by atoms with van der Waals surface area (Å²) in [5, 5.41) is 0.0203. The number of para-hydroxylation sites is 2. The molecule has 0 saturated heterocycles. The van der Waals surface area contributed by atoms with Crippen molar-refractivity contribution in [2.75, 3.05) is 4.90 Å². The van der Waals surface area contributed by atoms with Gasteiger partial charge in [0.1, 0.15) is 0 Å². The standard InChI is InChI=1S/C50H34N2/c1-3-12-35(13-4-1)37-24-28-43(29-25-37)51(44-19-11-16-40(33-44)41-23-22-36-14-7-8-15-39(36)32-41)45-30-26-38-27-31-47-46-20-9-10-21-49(46)52(50(47)48(38)34-45)42-17-5-2-6-18-42/h1-34H/i1D,2D,3D,4D,5D,6D,9D,10D,12D,13D,17D,20D,21D,24D,25D,26D,27D,28D,29D,30D,31D,34D. The maximum atomic E-state index is 10.3. The molecule has 9 aromatic carbocycles. The van der Waals surface area contributed by atoms with Gasteiger partial charge in [0.25, 0.3) is 0 Å². The SMILES string of the molecule is [2H]c1cc(-n2c3c([2H])c([2H])c([2H])c([2H])c3c3c([2H])c([2H])c4c([2H])c([2H])c(N(c5cccc(-c6ccc7ccccc7c6)c5)c5c([2H])c([2H])c(-c6c([2H])c([2H])c([2H])c([2H])c6[2H])c([2H])c5[2H])c([2H])c4c32)c([2H])c([2H])c1[2H]. The van der Waals surface area contributed by atoms with E-state index >= 15 is 0 Å². The Kier molecular flexibility index (Phi) is 3.63. The summed E-state index contributed by atoms with van der Waals surface area (Å²) < 4.78 is 200. The first-order valence-corrected chi connectivity index (χ1v) is 16.1. The van der Waals surface area contributed by atoms with E-state index in [1.54, 1.807) is 18.2 Å². The molecule has 1 heterocycles. The Labute approximate surface area is 334 Å². The van der Waals surface area contributed by atoms with Gasteiger partial charge in [-0.2, -0.15) is 0 Å². The lowest BCUT2D eigenvalue weighted by molar-refractivity contribution is 1.19. The molecule has 0 atom stereocenters. The highest BCUT2D eigenvalue weighted by atomic mass is 15.1. The lowest BCUT2D eigenvalue weighted by Crippen LogP contribution is -2.10. The molecule has 0 saturated carbocycles. The topological polar surface area (TPSA) is 8.17 Å². The number of anilines is 3. The molecule has 0 aliphatic heterocycles. The maximum Gasteiger partial charge on any atom is 0.0652 e. The van der Waals surface area contributed by atoms with E-state index < -0.39 is 183 Å². The molecule has 1 aromatic heterocycles. The highest BCUT2D eigenvalue weighted by molar-refractivity contribution is 6.19. The zero-order valence-electron chi connectivity index (χ0n) is 48.8. The smallest absolute Gasteiger partial charge is 0.0652 e. The second-order valence-corrected chi connectivity index (χ2v) is 11.7. The van der Waals surface area contributed by atoms with Gasteiger partial charge < -0.3 is 9.47 Å². The van der Waals surface area contributed by atoms with Gasteiger partial charge in [-0.05, 0) is 98.9 Å². The van der Waals surface area contributed by atoms with Gasteiger partial charge in [-0.15, -0.1) is 0 Å². The fraction of sp³-hybridized carbons (Fsp3) is 0. The van der Waals surface area contributed by atoms with Crippen molar-refractivity contribution >= 4 is 60.4 Å². The predicted molar refractivity (Wildman–Crippen MR) is 221 cm³/mol. The Morgan fingerprint density at radius 2 is 1.13 bits per heavy atom. The molecule has 2 nitrogen and oxygen atoms in total. The number of benzene rings is 9. The van der Waals surface area contributed by atoms with Crippen molar-refractivity contribution in [2.45, 2.75) is 0 Å². The van der Waals surface area contributed by atoms with Gasteiger partial charge in [0.05, 0.1) is 41.2 Å². The average Bonchev–Trinajstić information content (AvgIpc) is 3.75. The molecule has 0 unspecified atom stereocenters. The zero-order valence-corrected chi connectivity index (χ0v) is 26.8. The summed E-state index contributed by atoms with van der Waals surface area (Å²) in [5.41, 5.74) is -2.66. The lowest BCUT2D eigenvalue weighted by Gasteiger charge is -2.27. The molecular weight excluding hydrogens is 629 g/mol. The van der Waals surface area contributed by atoms with Crippen LogP contribution >= 0.6 is 0 Å². The van der Waals surface area contributed by atoms with Crippen molar-refractivity contribution < 1.29 is 30.2 Å². The van der Waals surface area contributed by atoms with Crippen LogP contribution in [-0.4, -0.2) is 4.57 Å². The zero-order chi connectivity index (χ0) is 53.6. The van der Waals surface area contributed by atoms with E-state index in [-0.39, 0.29) is 16.5 Å². The highest BCUT2D eigenvalue weighted by Crippen LogP contribution is 2.42. The maximum absolute atomic E-state index is 10.3. The summed E-state index contributed by atoms with van der Waals surface area (Å²) >= 11 is 0. The van der Waals surface area contributed by atoms with Crippen LogP contribution in [0.1, 0.15) is 30.2 Å². The third-order valence-corrected chi connectivity index (χ3v) is 8.72. The minimum absolute atomic E-state index is 0.0236. The van der Waals surface area contributed by atoms with Crippen LogP contribution in [0.25, 0.3) is 71.3 Å². The molecule has 2 heteroatoms. The molecule has 0 fully saturated rings. The fourth-order valence-electron chi connectivity index (χ4n) is 6.37. The van der Waals surface area contributed by atoms with E-state index in [9.17, 15) is 12.3 Å². The van der Waals surface area contributed by atoms with Crippen molar-refractivity contribution in [3.63, 3.8) is 0 Å². The molecule has 0 amide bonds. The summed E-state index contributed by atoms with van der Waals surface area (Å²) in [5.74, 6) is 0. The van der Waals surface area contributed by atoms with E-state index in [0.717, 1.165) is 26.3 Å². The Morgan fingerprint density at radius 1 is 0.404 bits per heavy atom. The molecule has 52 heavy (non-hydrogen) atoms. The van der Waals surface area contributed by atoms with Crippen LogP contribution in [0.15, 0.2) is 206 Å². The molecule has 10 aromatic rings. The van der Waals surface area contributed by atoms with Crippen LogP contribution in [0.5, 0.6) is 0 Å². The molecule has 0 N–H and O–H groups in total. The van der Waals surface area contributed by atoms with Crippen LogP contribution in [0.3, 0.4) is 0 Å². The highest BCUT2D eigenvalue weighted by Gasteiger charge is 2.18. The van der Waals surface area contributed by atoms with E-state index in [1.807, 2.05) is 42.5 Å². The first kappa shape index (κ1) is 15.1. The monoisotopic (exact) mass is 684 g/mol. The average molecular weight is 685 g/mol. The summed E-state index contributed by atoms with van der Waals surface area (Å²) in [7, 11) is 0. The van der Waals surface area contributed by atoms with Crippen LogP contribution in [0.2, 0.25) is 0 Å². The Bertz CT molecular complexity index is 4130. The summed E-state index contributed by atoms with van der Waals surface area (Å²) in [6.07, 6.45) is 0. The molecule has 0 aliphatic rings. The van der Waals surface area contributed by atoms with E-state index in [2.05, 4.69) is 0 Å². The van der Waals surface area contributed by atoms with Crippen LogP contribution in [0, 0.1) is 0 Å². The number of hydrogen-bond donors (Lipinski definition) is 0. The predicted octanol–water partition coefficient (Wildman–Crippen LogP) is 13.9. The fourth-order valence-corrected chi connectivity index (χ4v) is 6.37.